The van der Waals surface area contributed by atoms with Gasteiger partial charge in [-0.25, -0.2) is 4.98 Å². The molecule has 0 bridgehead atoms. The summed E-state index contributed by atoms with van der Waals surface area (Å²) in [5.74, 6) is 0.863. The molecule has 5 heteroatoms. The lowest BCUT2D eigenvalue weighted by atomic mass is 9.95. The molecule has 1 aromatic rings. The summed E-state index contributed by atoms with van der Waals surface area (Å²) in [5.41, 5.74) is -0.142. The Bertz CT molecular complexity index is 341. The molecule has 0 saturated carbocycles. The third kappa shape index (κ3) is 3.72. The van der Waals surface area contributed by atoms with E-state index in [1.807, 2.05) is 13.8 Å². The number of rotatable bonds is 4. The van der Waals surface area contributed by atoms with E-state index in [0.717, 1.165) is 11.0 Å². The fourth-order valence-electron chi connectivity index (χ4n) is 0.971. The molecule has 0 aliphatic rings. The minimum atomic E-state index is -0.131. The van der Waals surface area contributed by atoms with Crippen LogP contribution in [0.15, 0.2) is 0 Å². The van der Waals surface area contributed by atoms with E-state index in [1.165, 1.54) is 11.5 Å². The van der Waals surface area contributed by atoms with Gasteiger partial charge >= 0.3 is 0 Å². The van der Waals surface area contributed by atoms with E-state index in [0.29, 0.717) is 6.54 Å². The Morgan fingerprint density at radius 3 is 2.31 bits per heavy atom. The van der Waals surface area contributed by atoms with Crippen molar-refractivity contribution in [3.05, 3.63) is 5.82 Å². The smallest absolute Gasteiger partial charge is 0.202 e. The van der Waals surface area contributed by atoms with Crippen molar-refractivity contribution < 1.29 is 5.11 Å². The van der Waals surface area contributed by atoms with Crippen LogP contribution < -0.4 is 5.32 Å². The summed E-state index contributed by atoms with van der Waals surface area (Å²) in [6.45, 7) is 11.1. The van der Waals surface area contributed by atoms with Crippen molar-refractivity contribution in [2.45, 2.75) is 40.0 Å². The van der Waals surface area contributed by atoms with Crippen molar-refractivity contribution in [3.8, 4) is 0 Å². The van der Waals surface area contributed by atoms with Gasteiger partial charge in [-0.2, -0.15) is 4.37 Å². The molecule has 2 N–H and O–H groups in total. The minimum absolute atomic E-state index is 0.0110. The van der Waals surface area contributed by atoms with Gasteiger partial charge in [0.1, 0.15) is 5.82 Å². The van der Waals surface area contributed by atoms with Crippen LogP contribution in [0.4, 0.5) is 5.13 Å². The van der Waals surface area contributed by atoms with Crippen molar-refractivity contribution in [3.63, 3.8) is 0 Å². The Balaban J connectivity index is 2.60. The molecule has 0 radical (unpaired) electrons. The topological polar surface area (TPSA) is 58.0 Å². The first-order valence-corrected chi connectivity index (χ1v) is 6.21. The number of hydrogen-bond acceptors (Lipinski definition) is 5. The molecule has 1 rings (SSSR count). The zero-order valence-corrected chi connectivity index (χ0v) is 11.5. The number of nitrogens with zero attached hydrogens (tertiary/aromatic N) is 2. The van der Waals surface area contributed by atoms with Crippen LogP contribution in [0.2, 0.25) is 0 Å². The summed E-state index contributed by atoms with van der Waals surface area (Å²) < 4.78 is 4.32. The fourth-order valence-corrected chi connectivity index (χ4v) is 1.72. The third-order valence-electron chi connectivity index (χ3n) is 2.24. The van der Waals surface area contributed by atoms with Crippen LogP contribution in [0.25, 0.3) is 0 Å². The Kier molecular flexibility index (Phi) is 3.91. The normalized spacial score (nSPS) is 12.9. The molecule has 4 nitrogen and oxygen atoms in total. The van der Waals surface area contributed by atoms with Gasteiger partial charge in [-0.3, -0.25) is 0 Å². The van der Waals surface area contributed by atoms with Crippen LogP contribution in [-0.4, -0.2) is 27.6 Å². The molecule has 0 fully saturated rings. The lowest BCUT2D eigenvalue weighted by Crippen LogP contribution is -2.26. The van der Waals surface area contributed by atoms with Gasteiger partial charge in [0.05, 0.1) is 0 Å². The van der Waals surface area contributed by atoms with Crippen LogP contribution >= 0.6 is 11.5 Å². The number of hydrogen-bond donors (Lipinski definition) is 2. The molecule has 92 valence electrons. The van der Waals surface area contributed by atoms with E-state index in [2.05, 4.69) is 35.4 Å². The van der Waals surface area contributed by atoms with Gasteiger partial charge in [0, 0.05) is 35.5 Å². The highest BCUT2D eigenvalue weighted by atomic mass is 32.1. The first-order chi connectivity index (χ1) is 7.24. The van der Waals surface area contributed by atoms with Crippen molar-refractivity contribution in [1.29, 1.82) is 0 Å². The SMILES string of the molecule is CC(C)(CO)CNc1nc(C(C)(C)C)ns1. The predicted molar refractivity (Wildman–Crippen MR) is 68.0 cm³/mol. The fraction of sp³-hybridized carbons (Fsp3) is 0.818. The lowest BCUT2D eigenvalue weighted by molar-refractivity contribution is 0.171. The first-order valence-electron chi connectivity index (χ1n) is 5.43. The highest BCUT2D eigenvalue weighted by molar-refractivity contribution is 7.09. The van der Waals surface area contributed by atoms with E-state index in [4.69, 9.17) is 5.11 Å². The molecule has 0 aromatic carbocycles. The Morgan fingerprint density at radius 2 is 1.88 bits per heavy atom. The van der Waals surface area contributed by atoms with Crippen LogP contribution in [0.1, 0.15) is 40.4 Å². The molecule has 0 aliphatic carbocycles. The van der Waals surface area contributed by atoms with E-state index >= 15 is 0 Å². The Morgan fingerprint density at radius 1 is 1.25 bits per heavy atom. The maximum absolute atomic E-state index is 9.13. The van der Waals surface area contributed by atoms with E-state index in [-0.39, 0.29) is 17.4 Å². The summed E-state index contributed by atoms with van der Waals surface area (Å²) >= 11 is 1.37. The first kappa shape index (κ1) is 13.4. The largest absolute Gasteiger partial charge is 0.396 e. The number of aliphatic hydroxyl groups is 1. The highest BCUT2D eigenvalue weighted by Gasteiger charge is 2.21. The third-order valence-corrected chi connectivity index (χ3v) is 2.92. The minimum Gasteiger partial charge on any atom is -0.396 e. The molecular weight excluding hydrogens is 222 g/mol. The van der Waals surface area contributed by atoms with Crippen LogP contribution in [0.5, 0.6) is 0 Å². The molecule has 0 saturated heterocycles. The second-order valence-corrected chi connectivity index (χ2v) is 6.60. The van der Waals surface area contributed by atoms with Crippen molar-refractivity contribution in [1.82, 2.24) is 9.36 Å². The molecule has 0 amide bonds. The molecule has 1 heterocycles. The van der Waals surface area contributed by atoms with Crippen LogP contribution in [-0.2, 0) is 5.41 Å². The number of aromatic nitrogens is 2. The van der Waals surface area contributed by atoms with Crippen molar-refractivity contribution >= 4 is 16.7 Å². The summed E-state index contributed by atoms with van der Waals surface area (Å²) in [4.78, 5) is 4.43. The number of aliphatic hydroxyl groups excluding tert-OH is 1. The molecule has 0 unspecified atom stereocenters. The Labute approximate surface area is 101 Å². The maximum Gasteiger partial charge on any atom is 0.202 e. The quantitative estimate of drug-likeness (QED) is 0.851. The van der Waals surface area contributed by atoms with E-state index in [1.54, 1.807) is 0 Å². The van der Waals surface area contributed by atoms with E-state index in [9.17, 15) is 0 Å². The van der Waals surface area contributed by atoms with Gasteiger partial charge < -0.3 is 10.4 Å². The maximum atomic E-state index is 9.13. The van der Waals surface area contributed by atoms with Gasteiger partial charge in [-0.15, -0.1) is 0 Å². The van der Waals surface area contributed by atoms with Crippen LogP contribution in [0, 0.1) is 5.41 Å². The number of nitrogens with one attached hydrogen (secondary N) is 1. The van der Waals surface area contributed by atoms with Gasteiger partial charge in [0.15, 0.2) is 0 Å². The van der Waals surface area contributed by atoms with Crippen molar-refractivity contribution in [2.24, 2.45) is 5.41 Å². The summed E-state index contributed by atoms with van der Waals surface area (Å²) in [5, 5.41) is 13.2. The number of anilines is 1. The Hall–Kier alpha value is -0.680. The predicted octanol–water partition coefficient (Wildman–Crippen LogP) is 2.27. The summed E-state index contributed by atoms with van der Waals surface area (Å²) in [6, 6.07) is 0. The van der Waals surface area contributed by atoms with Gasteiger partial charge in [-0.1, -0.05) is 34.6 Å². The molecule has 16 heavy (non-hydrogen) atoms. The average molecular weight is 243 g/mol. The van der Waals surface area contributed by atoms with Gasteiger partial charge in [-0.05, 0) is 0 Å². The van der Waals surface area contributed by atoms with Crippen molar-refractivity contribution in [2.75, 3.05) is 18.5 Å². The molecule has 0 atom stereocenters. The summed E-state index contributed by atoms with van der Waals surface area (Å²) in [6.07, 6.45) is 0. The molecule has 0 spiro atoms. The highest BCUT2D eigenvalue weighted by Crippen LogP contribution is 2.24. The summed E-state index contributed by atoms with van der Waals surface area (Å²) in [7, 11) is 0. The monoisotopic (exact) mass is 243 g/mol. The standard InChI is InChI=1S/C11H21N3OS/c1-10(2,3)8-13-9(16-14-8)12-6-11(4,5)7-15/h15H,6-7H2,1-5H3,(H,12,13,14). The molecular formula is C11H21N3OS. The second-order valence-electron chi connectivity index (χ2n) is 5.85. The van der Waals surface area contributed by atoms with Crippen LogP contribution in [0.3, 0.4) is 0 Å². The van der Waals surface area contributed by atoms with Gasteiger partial charge in [0.25, 0.3) is 0 Å². The average Bonchev–Trinajstić information content (AvgIpc) is 2.63. The zero-order valence-electron chi connectivity index (χ0n) is 10.7. The van der Waals surface area contributed by atoms with E-state index < -0.39 is 0 Å². The lowest BCUT2D eigenvalue weighted by Gasteiger charge is -2.21. The molecule has 0 aliphatic heterocycles. The molecule has 1 aromatic heterocycles. The zero-order chi connectivity index (χ0) is 12.4. The second kappa shape index (κ2) is 4.67. The van der Waals surface area contributed by atoms with Gasteiger partial charge in [0.2, 0.25) is 5.13 Å².